The zero-order valence-electron chi connectivity index (χ0n) is 12.2. The Kier molecular flexibility index (Phi) is 7.02. The van der Waals surface area contributed by atoms with Gasteiger partial charge in [0.1, 0.15) is 5.54 Å². The Morgan fingerprint density at radius 2 is 2.33 bits per heavy atom. The number of azide groups is 1. The number of ether oxygens (including phenoxy) is 1. The molecular weight excluding hydrogens is 292 g/mol. The van der Waals surface area contributed by atoms with Crippen molar-refractivity contribution in [2.75, 3.05) is 19.7 Å². The Morgan fingerprint density at radius 1 is 1.57 bits per heavy atom. The number of nitrogens with zero attached hydrogens (tertiary/aromatic N) is 3. The molecule has 0 radical (unpaired) electrons. The van der Waals surface area contributed by atoms with E-state index >= 15 is 0 Å². The largest absolute Gasteiger partial charge is 0.464 e. The summed E-state index contributed by atoms with van der Waals surface area (Å²) in [7, 11) is 0. The van der Waals surface area contributed by atoms with Gasteiger partial charge in [0, 0.05) is 16.5 Å². The molecule has 1 rings (SSSR count). The molecule has 1 aromatic rings. The summed E-state index contributed by atoms with van der Waals surface area (Å²) in [5, 5.41) is 7.18. The Balaban J connectivity index is 2.89. The highest BCUT2D eigenvalue weighted by Crippen LogP contribution is 2.25. The zero-order chi connectivity index (χ0) is 15.7. The minimum Gasteiger partial charge on any atom is -0.464 e. The van der Waals surface area contributed by atoms with Gasteiger partial charge in [-0.15, -0.1) is 0 Å². The average molecular weight is 311 g/mol. The van der Waals surface area contributed by atoms with E-state index in [9.17, 15) is 4.79 Å². The number of esters is 1. The van der Waals surface area contributed by atoms with Crippen molar-refractivity contribution in [1.29, 1.82) is 0 Å². The molecule has 0 aliphatic rings. The van der Waals surface area contributed by atoms with Gasteiger partial charge in [0.25, 0.3) is 0 Å². The van der Waals surface area contributed by atoms with Gasteiger partial charge in [-0.05, 0) is 50.0 Å². The number of hydrogen-bond acceptors (Lipinski definition) is 4. The second-order valence-corrected chi connectivity index (χ2v) is 5.03. The highest BCUT2D eigenvalue weighted by Gasteiger charge is 2.36. The molecule has 1 aromatic carbocycles. The number of carbonyl (C=O) groups is 1. The number of rotatable bonds is 8. The second kappa shape index (κ2) is 8.52. The van der Waals surface area contributed by atoms with Crippen LogP contribution < -0.4 is 5.32 Å². The Labute approximate surface area is 129 Å². The highest BCUT2D eigenvalue weighted by atomic mass is 35.5. The molecule has 0 aliphatic carbocycles. The number of halogens is 1. The van der Waals surface area contributed by atoms with E-state index in [0.29, 0.717) is 31.1 Å². The Hall–Kier alpha value is -1.75. The number of benzene rings is 1. The van der Waals surface area contributed by atoms with Gasteiger partial charge in [0.15, 0.2) is 0 Å². The molecule has 7 heteroatoms. The van der Waals surface area contributed by atoms with Gasteiger partial charge in [-0.1, -0.05) is 28.8 Å². The number of hydrogen-bond donors (Lipinski definition) is 1. The molecule has 1 atom stereocenters. The Morgan fingerprint density at radius 3 is 2.95 bits per heavy atom. The lowest BCUT2D eigenvalue weighted by atomic mass is 9.92. The molecule has 0 saturated carbocycles. The first-order valence-electron chi connectivity index (χ1n) is 6.73. The standard InChI is InChI=1S/C14H19ClN4O2/c1-3-21-13(20)14(2,17-8-5-9-18-19-16)11-6-4-7-12(15)10-11/h4,6-7,10,17H,3,5,8-9H2,1-2H3. The van der Waals surface area contributed by atoms with Gasteiger partial charge in [0.2, 0.25) is 0 Å². The summed E-state index contributed by atoms with van der Waals surface area (Å²) in [5.41, 5.74) is 7.99. The number of carbonyl (C=O) groups excluding carboxylic acids is 1. The molecule has 0 heterocycles. The fourth-order valence-electron chi connectivity index (χ4n) is 1.90. The summed E-state index contributed by atoms with van der Waals surface area (Å²) < 4.78 is 5.15. The SMILES string of the molecule is CCOC(=O)C(C)(NCCCN=[N+]=[N-])c1cccc(Cl)c1. The predicted octanol–water partition coefficient (Wildman–Crippen LogP) is 3.41. The summed E-state index contributed by atoms with van der Waals surface area (Å²) in [6, 6.07) is 7.09. The molecule has 0 saturated heterocycles. The molecule has 21 heavy (non-hydrogen) atoms. The third kappa shape index (κ3) is 4.93. The summed E-state index contributed by atoms with van der Waals surface area (Å²) in [5.74, 6) is -0.365. The van der Waals surface area contributed by atoms with Gasteiger partial charge < -0.3 is 4.74 Å². The Bertz CT molecular complexity index is 531. The lowest BCUT2D eigenvalue weighted by Gasteiger charge is -2.29. The molecule has 0 aliphatic heterocycles. The molecular formula is C14H19ClN4O2. The first-order valence-corrected chi connectivity index (χ1v) is 7.11. The molecule has 0 spiro atoms. The summed E-state index contributed by atoms with van der Waals surface area (Å²) >= 11 is 6.00. The van der Waals surface area contributed by atoms with Gasteiger partial charge in [-0.25, -0.2) is 4.79 Å². The molecule has 6 nitrogen and oxygen atoms in total. The van der Waals surface area contributed by atoms with Crippen molar-refractivity contribution in [1.82, 2.24) is 5.32 Å². The van der Waals surface area contributed by atoms with Crippen molar-refractivity contribution < 1.29 is 9.53 Å². The van der Waals surface area contributed by atoms with Crippen LogP contribution in [0.3, 0.4) is 0 Å². The van der Waals surface area contributed by atoms with Crippen LogP contribution in [0.1, 0.15) is 25.8 Å². The van der Waals surface area contributed by atoms with E-state index in [-0.39, 0.29) is 5.97 Å². The smallest absolute Gasteiger partial charge is 0.330 e. The van der Waals surface area contributed by atoms with E-state index in [1.807, 2.05) is 6.07 Å². The van der Waals surface area contributed by atoms with Crippen molar-refractivity contribution in [2.24, 2.45) is 5.11 Å². The first-order chi connectivity index (χ1) is 10.0. The molecule has 0 bridgehead atoms. The summed E-state index contributed by atoms with van der Waals surface area (Å²) in [4.78, 5) is 15.0. The van der Waals surface area contributed by atoms with Crippen LogP contribution in [-0.2, 0) is 15.1 Å². The van der Waals surface area contributed by atoms with E-state index in [4.69, 9.17) is 21.9 Å². The summed E-state index contributed by atoms with van der Waals surface area (Å²) in [6.45, 7) is 4.70. The van der Waals surface area contributed by atoms with Crippen LogP contribution in [0.25, 0.3) is 10.4 Å². The molecule has 0 aromatic heterocycles. The van der Waals surface area contributed by atoms with Crippen LogP contribution in [0.15, 0.2) is 29.4 Å². The van der Waals surface area contributed by atoms with Gasteiger partial charge in [-0.3, -0.25) is 5.32 Å². The normalized spacial score (nSPS) is 13.1. The van der Waals surface area contributed by atoms with E-state index in [2.05, 4.69) is 15.3 Å². The fourth-order valence-corrected chi connectivity index (χ4v) is 2.09. The minimum absolute atomic E-state index is 0.301. The first kappa shape index (κ1) is 17.3. The van der Waals surface area contributed by atoms with E-state index in [1.165, 1.54) is 0 Å². The number of nitrogens with one attached hydrogen (secondary N) is 1. The second-order valence-electron chi connectivity index (χ2n) is 4.59. The van der Waals surface area contributed by atoms with E-state index < -0.39 is 5.54 Å². The topological polar surface area (TPSA) is 87.1 Å². The average Bonchev–Trinajstić information content (AvgIpc) is 2.47. The lowest BCUT2D eigenvalue weighted by Crippen LogP contribution is -2.48. The van der Waals surface area contributed by atoms with Crippen molar-refractivity contribution in [3.05, 3.63) is 45.3 Å². The monoisotopic (exact) mass is 310 g/mol. The zero-order valence-corrected chi connectivity index (χ0v) is 12.9. The molecule has 0 fully saturated rings. The van der Waals surface area contributed by atoms with Gasteiger partial charge >= 0.3 is 5.97 Å². The van der Waals surface area contributed by atoms with E-state index in [0.717, 1.165) is 5.56 Å². The fraction of sp³-hybridized carbons (Fsp3) is 0.500. The minimum atomic E-state index is -0.989. The quantitative estimate of drug-likeness (QED) is 0.262. The van der Waals surface area contributed by atoms with E-state index in [1.54, 1.807) is 32.0 Å². The van der Waals surface area contributed by atoms with Gasteiger partial charge in [-0.2, -0.15) is 0 Å². The van der Waals surface area contributed by atoms with Crippen LogP contribution in [-0.4, -0.2) is 25.7 Å². The maximum Gasteiger partial charge on any atom is 0.330 e. The molecule has 1 unspecified atom stereocenters. The maximum atomic E-state index is 12.3. The van der Waals surface area contributed by atoms with Crippen molar-refractivity contribution >= 4 is 17.6 Å². The van der Waals surface area contributed by atoms with Crippen molar-refractivity contribution in [3.8, 4) is 0 Å². The van der Waals surface area contributed by atoms with Crippen molar-refractivity contribution in [3.63, 3.8) is 0 Å². The summed E-state index contributed by atoms with van der Waals surface area (Å²) in [6.07, 6.45) is 0.625. The molecule has 0 amide bonds. The third-order valence-corrected chi connectivity index (χ3v) is 3.30. The highest BCUT2D eigenvalue weighted by molar-refractivity contribution is 6.30. The van der Waals surface area contributed by atoms with Gasteiger partial charge in [0.05, 0.1) is 6.61 Å². The van der Waals surface area contributed by atoms with Crippen LogP contribution >= 0.6 is 11.6 Å². The predicted molar refractivity (Wildman–Crippen MR) is 82.1 cm³/mol. The molecule has 1 N–H and O–H groups in total. The van der Waals surface area contributed by atoms with Crippen LogP contribution in [0, 0.1) is 0 Å². The van der Waals surface area contributed by atoms with Crippen LogP contribution in [0.4, 0.5) is 0 Å². The van der Waals surface area contributed by atoms with Crippen molar-refractivity contribution in [2.45, 2.75) is 25.8 Å². The van der Waals surface area contributed by atoms with Crippen LogP contribution in [0.2, 0.25) is 5.02 Å². The molecule has 114 valence electrons. The maximum absolute atomic E-state index is 12.3. The third-order valence-electron chi connectivity index (χ3n) is 3.06. The van der Waals surface area contributed by atoms with Crippen LogP contribution in [0.5, 0.6) is 0 Å². The lowest BCUT2D eigenvalue weighted by molar-refractivity contribution is -0.151.